The lowest BCUT2D eigenvalue weighted by Gasteiger charge is -2.20. The first kappa shape index (κ1) is 9.44. The Labute approximate surface area is 79.4 Å². The predicted octanol–water partition coefficient (Wildman–Crippen LogP) is 1.56. The Balaban J connectivity index is 1.89. The van der Waals surface area contributed by atoms with E-state index < -0.39 is 5.79 Å². The zero-order valence-electron chi connectivity index (χ0n) is 8.58. The number of hydrogen-bond acceptors (Lipinski definition) is 3. The van der Waals surface area contributed by atoms with Gasteiger partial charge in [-0.2, -0.15) is 0 Å². The molecule has 0 aliphatic carbocycles. The second-order valence-corrected chi connectivity index (χ2v) is 4.58. The molecule has 2 saturated heterocycles. The molecule has 0 saturated carbocycles. The molecule has 0 aromatic carbocycles. The third-order valence-corrected chi connectivity index (χ3v) is 2.67. The summed E-state index contributed by atoms with van der Waals surface area (Å²) in [7, 11) is 0. The highest BCUT2D eigenvalue weighted by Gasteiger charge is 2.40. The quantitative estimate of drug-likeness (QED) is 0.622. The maximum absolute atomic E-state index is 5.73. The normalized spacial score (nSPS) is 44.1. The molecule has 0 bridgehead atoms. The third kappa shape index (κ3) is 2.03. The molecule has 3 nitrogen and oxygen atoms in total. The third-order valence-electron chi connectivity index (χ3n) is 2.67. The van der Waals surface area contributed by atoms with Crippen molar-refractivity contribution in [3.05, 3.63) is 0 Å². The Kier molecular flexibility index (Phi) is 2.34. The van der Waals surface area contributed by atoms with Gasteiger partial charge in [0.15, 0.2) is 5.79 Å². The second kappa shape index (κ2) is 3.23. The van der Waals surface area contributed by atoms with Crippen LogP contribution in [0.5, 0.6) is 0 Å². The summed E-state index contributed by atoms with van der Waals surface area (Å²) in [6.07, 6.45) is 1.49. The van der Waals surface area contributed by atoms with Crippen LogP contribution in [0, 0.1) is 5.92 Å². The maximum Gasteiger partial charge on any atom is 0.163 e. The van der Waals surface area contributed by atoms with Crippen LogP contribution in [-0.4, -0.2) is 31.2 Å². The fraction of sp³-hybridized carbons (Fsp3) is 1.00. The van der Waals surface area contributed by atoms with Gasteiger partial charge in [-0.25, -0.2) is 0 Å². The van der Waals surface area contributed by atoms with Crippen LogP contribution in [0.1, 0.15) is 27.2 Å². The molecule has 2 aliphatic rings. The molecule has 0 aromatic heterocycles. The molecule has 0 unspecified atom stereocenters. The van der Waals surface area contributed by atoms with Crippen molar-refractivity contribution in [2.45, 2.75) is 45.2 Å². The summed E-state index contributed by atoms with van der Waals surface area (Å²) in [4.78, 5) is 0. The summed E-state index contributed by atoms with van der Waals surface area (Å²) in [6.45, 7) is 7.65. The Morgan fingerprint density at radius 3 is 2.38 bits per heavy atom. The van der Waals surface area contributed by atoms with Crippen molar-refractivity contribution < 1.29 is 14.2 Å². The smallest absolute Gasteiger partial charge is 0.163 e. The number of hydrogen-bond donors (Lipinski definition) is 0. The van der Waals surface area contributed by atoms with Gasteiger partial charge in [0.25, 0.3) is 0 Å². The van der Waals surface area contributed by atoms with Crippen LogP contribution < -0.4 is 0 Å². The molecule has 76 valence electrons. The predicted molar refractivity (Wildman–Crippen MR) is 48.4 cm³/mol. The van der Waals surface area contributed by atoms with E-state index in [1.54, 1.807) is 0 Å². The highest BCUT2D eigenvalue weighted by molar-refractivity contribution is 4.83. The van der Waals surface area contributed by atoms with Crippen LogP contribution in [0.4, 0.5) is 0 Å². The van der Waals surface area contributed by atoms with Crippen molar-refractivity contribution in [3.8, 4) is 0 Å². The molecule has 0 N–H and O–H groups in total. The van der Waals surface area contributed by atoms with E-state index in [1.165, 1.54) is 0 Å². The summed E-state index contributed by atoms with van der Waals surface area (Å²) in [6, 6.07) is 0. The first-order valence-electron chi connectivity index (χ1n) is 5.00. The van der Waals surface area contributed by atoms with Gasteiger partial charge >= 0.3 is 0 Å². The molecular weight excluding hydrogens is 168 g/mol. The van der Waals surface area contributed by atoms with Crippen molar-refractivity contribution in [2.24, 2.45) is 5.92 Å². The zero-order valence-corrected chi connectivity index (χ0v) is 8.58. The average Bonchev–Trinajstić information content (AvgIpc) is 2.56. The molecule has 3 heteroatoms. The monoisotopic (exact) mass is 186 g/mol. The van der Waals surface area contributed by atoms with Gasteiger partial charge in [0, 0.05) is 6.61 Å². The summed E-state index contributed by atoms with van der Waals surface area (Å²) in [5.41, 5.74) is 0. The minimum absolute atomic E-state index is 0.139. The highest BCUT2D eigenvalue weighted by Crippen LogP contribution is 2.30. The maximum atomic E-state index is 5.73. The first-order chi connectivity index (χ1) is 6.07. The number of ether oxygens (including phenoxy) is 3. The number of rotatable bonds is 1. The van der Waals surface area contributed by atoms with Crippen molar-refractivity contribution in [1.29, 1.82) is 0 Å². The van der Waals surface area contributed by atoms with Gasteiger partial charge in [0.05, 0.1) is 12.7 Å². The largest absolute Gasteiger partial charge is 0.375 e. The van der Waals surface area contributed by atoms with Gasteiger partial charge in [-0.3, -0.25) is 0 Å². The first-order valence-corrected chi connectivity index (χ1v) is 5.00. The Morgan fingerprint density at radius 1 is 1.15 bits per heavy atom. The fourth-order valence-electron chi connectivity index (χ4n) is 1.98. The molecule has 3 atom stereocenters. The topological polar surface area (TPSA) is 27.7 Å². The Morgan fingerprint density at radius 2 is 1.92 bits per heavy atom. The standard InChI is InChI=1S/C10H18O3/c1-7-4-8(11-5-7)9-6-12-10(2,3)13-9/h7-9H,4-6H2,1-3H3/t7-,8+,9-/m1/s1. The van der Waals surface area contributed by atoms with Gasteiger partial charge in [0.2, 0.25) is 0 Å². The van der Waals surface area contributed by atoms with E-state index in [4.69, 9.17) is 14.2 Å². The van der Waals surface area contributed by atoms with Crippen molar-refractivity contribution in [2.75, 3.05) is 13.2 Å². The highest BCUT2D eigenvalue weighted by atomic mass is 16.7. The fourth-order valence-corrected chi connectivity index (χ4v) is 1.98. The lowest BCUT2D eigenvalue weighted by molar-refractivity contribution is -0.151. The Bertz CT molecular complexity index is 191. The van der Waals surface area contributed by atoms with E-state index in [9.17, 15) is 0 Å². The molecule has 0 radical (unpaired) electrons. The van der Waals surface area contributed by atoms with E-state index in [0.717, 1.165) is 13.0 Å². The summed E-state index contributed by atoms with van der Waals surface area (Å²) in [5.74, 6) is 0.247. The average molecular weight is 186 g/mol. The molecular formula is C10H18O3. The van der Waals surface area contributed by atoms with E-state index in [2.05, 4.69) is 6.92 Å². The van der Waals surface area contributed by atoms with Crippen LogP contribution in [0.15, 0.2) is 0 Å². The van der Waals surface area contributed by atoms with Gasteiger partial charge in [0.1, 0.15) is 6.10 Å². The molecule has 0 amide bonds. The molecule has 2 aliphatic heterocycles. The summed E-state index contributed by atoms with van der Waals surface area (Å²) >= 11 is 0. The zero-order chi connectivity index (χ0) is 9.47. The summed E-state index contributed by atoms with van der Waals surface area (Å²) < 4.78 is 16.9. The van der Waals surface area contributed by atoms with E-state index >= 15 is 0 Å². The summed E-state index contributed by atoms with van der Waals surface area (Å²) in [5, 5.41) is 0. The van der Waals surface area contributed by atoms with E-state index in [-0.39, 0.29) is 12.2 Å². The molecule has 0 spiro atoms. The van der Waals surface area contributed by atoms with Crippen LogP contribution in [0.25, 0.3) is 0 Å². The second-order valence-electron chi connectivity index (χ2n) is 4.58. The molecule has 2 heterocycles. The van der Waals surface area contributed by atoms with Gasteiger partial charge in [-0.05, 0) is 26.2 Å². The molecule has 0 aromatic rings. The molecule has 2 rings (SSSR count). The van der Waals surface area contributed by atoms with Gasteiger partial charge < -0.3 is 14.2 Å². The van der Waals surface area contributed by atoms with E-state index in [0.29, 0.717) is 12.5 Å². The molecule has 13 heavy (non-hydrogen) atoms. The Hall–Kier alpha value is -0.120. The van der Waals surface area contributed by atoms with Gasteiger partial charge in [-0.1, -0.05) is 6.92 Å². The lowest BCUT2D eigenvalue weighted by Crippen LogP contribution is -2.30. The van der Waals surface area contributed by atoms with Crippen LogP contribution in [-0.2, 0) is 14.2 Å². The van der Waals surface area contributed by atoms with Crippen LogP contribution in [0.3, 0.4) is 0 Å². The minimum Gasteiger partial charge on any atom is -0.375 e. The molecule has 2 fully saturated rings. The van der Waals surface area contributed by atoms with Crippen LogP contribution >= 0.6 is 0 Å². The van der Waals surface area contributed by atoms with Crippen LogP contribution in [0.2, 0.25) is 0 Å². The van der Waals surface area contributed by atoms with E-state index in [1.807, 2.05) is 13.8 Å². The SMILES string of the molecule is C[C@H]1CO[C@H]([C@H]2COC(C)(C)O2)C1. The van der Waals surface area contributed by atoms with Crippen molar-refractivity contribution in [1.82, 2.24) is 0 Å². The lowest BCUT2D eigenvalue weighted by atomic mass is 10.1. The minimum atomic E-state index is -0.417. The van der Waals surface area contributed by atoms with Gasteiger partial charge in [-0.15, -0.1) is 0 Å². The van der Waals surface area contributed by atoms with Crippen molar-refractivity contribution >= 4 is 0 Å². The van der Waals surface area contributed by atoms with Crippen molar-refractivity contribution in [3.63, 3.8) is 0 Å².